The Kier molecular flexibility index (Phi) is 4.58. The highest BCUT2D eigenvalue weighted by Crippen LogP contribution is 2.26. The highest BCUT2D eigenvalue weighted by molar-refractivity contribution is 9.10. The third kappa shape index (κ3) is 3.35. The van der Waals surface area contributed by atoms with Crippen molar-refractivity contribution in [1.29, 1.82) is 0 Å². The Morgan fingerprint density at radius 1 is 1.42 bits per heavy atom. The number of halogens is 1. The first kappa shape index (κ1) is 14.1. The Hall–Kier alpha value is -1.36. The number of rotatable bonds is 4. The van der Waals surface area contributed by atoms with E-state index in [4.69, 9.17) is 0 Å². The van der Waals surface area contributed by atoms with Gasteiger partial charge in [0.05, 0.1) is 5.92 Å². The second kappa shape index (κ2) is 6.19. The molecule has 1 N–H and O–H groups in total. The van der Waals surface area contributed by atoms with Crippen LogP contribution in [0.1, 0.15) is 19.8 Å². The number of carbonyl (C=O) groups is 2. The Bertz CT molecular complexity index is 473. The summed E-state index contributed by atoms with van der Waals surface area (Å²) in [7, 11) is 0. The van der Waals surface area contributed by atoms with Crippen molar-refractivity contribution in [2.24, 2.45) is 5.92 Å². The fourth-order valence-electron chi connectivity index (χ4n) is 2.15. The molecule has 0 bridgehead atoms. The fourth-order valence-corrected chi connectivity index (χ4v) is 2.41. The summed E-state index contributed by atoms with van der Waals surface area (Å²) in [4.78, 5) is 25.5. The van der Waals surface area contributed by atoms with E-state index in [1.807, 2.05) is 31.2 Å². The minimum Gasteiger partial charge on any atom is -0.356 e. The molecule has 1 fully saturated rings. The van der Waals surface area contributed by atoms with E-state index in [9.17, 15) is 9.59 Å². The fraction of sp³-hybridized carbons (Fsp3) is 0.429. The van der Waals surface area contributed by atoms with Gasteiger partial charge in [-0.1, -0.05) is 22.9 Å². The molecule has 0 aliphatic carbocycles. The molecular formula is C14H17BrN2O2. The summed E-state index contributed by atoms with van der Waals surface area (Å²) in [6.45, 7) is 3.14. The summed E-state index contributed by atoms with van der Waals surface area (Å²) in [5.74, 6) is -0.239. The molecule has 2 amide bonds. The Labute approximate surface area is 121 Å². The predicted octanol–water partition coefficient (Wildman–Crippen LogP) is 2.33. The number of nitrogens with zero attached hydrogens (tertiary/aromatic N) is 1. The van der Waals surface area contributed by atoms with Gasteiger partial charge in [-0.25, -0.2) is 0 Å². The van der Waals surface area contributed by atoms with Gasteiger partial charge in [0.2, 0.25) is 11.8 Å². The number of benzene rings is 1. The van der Waals surface area contributed by atoms with Gasteiger partial charge < -0.3 is 10.2 Å². The summed E-state index contributed by atoms with van der Waals surface area (Å²) in [5, 5.41) is 2.85. The van der Waals surface area contributed by atoms with E-state index in [0.29, 0.717) is 19.5 Å². The van der Waals surface area contributed by atoms with Crippen LogP contribution in [-0.4, -0.2) is 24.9 Å². The SMILES string of the molecule is CCCNC(=O)[C@H]1CC(=O)N(c2ccc(Br)cc2)C1. The van der Waals surface area contributed by atoms with Crippen LogP contribution < -0.4 is 10.2 Å². The topological polar surface area (TPSA) is 49.4 Å². The summed E-state index contributed by atoms with van der Waals surface area (Å²) >= 11 is 3.37. The van der Waals surface area contributed by atoms with Crippen LogP contribution >= 0.6 is 15.9 Å². The van der Waals surface area contributed by atoms with Crippen molar-refractivity contribution in [3.63, 3.8) is 0 Å². The van der Waals surface area contributed by atoms with Crippen LogP contribution in [0.4, 0.5) is 5.69 Å². The molecule has 4 nitrogen and oxygen atoms in total. The molecule has 0 radical (unpaired) electrons. The van der Waals surface area contributed by atoms with Gasteiger partial charge in [-0.2, -0.15) is 0 Å². The molecule has 0 saturated carbocycles. The van der Waals surface area contributed by atoms with Crippen molar-refractivity contribution in [1.82, 2.24) is 5.32 Å². The van der Waals surface area contributed by atoms with Gasteiger partial charge in [-0.05, 0) is 30.7 Å². The first-order valence-electron chi connectivity index (χ1n) is 6.45. The molecule has 1 aliphatic rings. The molecule has 1 atom stereocenters. The Morgan fingerprint density at radius 2 is 2.11 bits per heavy atom. The molecule has 1 heterocycles. The lowest BCUT2D eigenvalue weighted by Gasteiger charge is -2.16. The van der Waals surface area contributed by atoms with Crippen molar-refractivity contribution < 1.29 is 9.59 Å². The average Bonchev–Trinajstić information content (AvgIpc) is 2.79. The molecular weight excluding hydrogens is 308 g/mol. The number of hydrogen-bond acceptors (Lipinski definition) is 2. The van der Waals surface area contributed by atoms with Gasteiger partial charge in [-0.3, -0.25) is 9.59 Å². The second-order valence-corrected chi connectivity index (χ2v) is 5.59. The predicted molar refractivity (Wildman–Crippen MR) is 77.9 cm³/mol. The van der Waals surface area contributed by atoms with Crippen molar-refractivity contribution in [2.45, 2.75) is 19.8 Å². The summed E-state index contributed by atoms with van der Waals surface area (Å²) in [6.07, 6.45) is 1.20. The largest absolute Gasteiger partial charge is 0.356 e. The van der Waals surface area contributed by atoms with Crippen molar-refractivity contribution >= 4 is 33.4 Å². The van der Waals surface area contributed by atoms with Gasteiger partial charge >= 0.3 is 0 Å². The second-order valence-electron chi connectivity index (χ2n) is 4.67. The third-order valence-electron chi connectivity index (χ3n) is 3.18. The van der Waals surface area contributed by atoms with Crippen molar-refractivity contribution in [2.75, 3.05) is 18.0 Å². The van der Waals surface area contributed by atoms with E-state index in [0.717, 1.165) is 16.6 Å². The molecule has 1 aromatic rings. The Morgan fingerprint density at radius 3 is 2.74 bits per heavy atom. The maximum Gasteiger partial charge on any atom is 0.227 e. The zero-order valence-electron chi connectivity index (χ0n) is 10.9. The quantitative estimate of drug-likeness (QED) is 0.924. The van der Waals surface area contributed by atoms with Crippen LogP contribution in [0.25, 0.3) is 0 Å². The normalized spacial score (nSPS) is 18.7. The van der Waals surface area contributed by atoms with Crippen LogP contribution in [0, 0.1) is 5.92 Å². The van der Waals surface area contributed by atoms with Crippen LogP contribution in [0.15, 0.2) is 28.7 Å². The average molecular weight is 325 g/mol. The number of nitrogens with one attached hydrogen (secondary N) is 1. The van der Waals surface area contributed by atoms with E-state index in [2.05, 4.69) is 21.2 Å². The lowest BCUT2D eigenvalue weighted by Crippen LogP contribution is -2.33. The summed E-state index contributed by atoms with van der Waals surface area (Å²) in [6, 6.07) is 7.56. The molecule has 1 saturated heterocycles. The molecule has 19 heavy (non-hydrogen) atoms. The molecule has 1 aromatic carbocycles. The zero-order valence-corrected chi connectivity index (χ0v) is 12.4. The van der Waals surface area contributed by atoms with E-state index < -0.39 is 0 Å². The molecule has 1 aliphatic heterocycles. The number of carbonyl (C=O) groups excluding carboxylic acids is 2. The molecule has 5 heteroatoms. The minimum absolute atomic E-state index is 0.0129. The summed E-state index contributed by atoms with van der Waals surface area (Å²) < 4.78 is 0.972. The Balaban J connectivity index is 2.03. The van der Waals surface area contributed by atoms with Gasteiger partial charge in [0.25, 0.3) is 0 Å². The van der Waals surface area contributed by atoms with Gasteiger partial charge in [0.15, 0.2) is 0 Å². The highest BCUT2D eigenvalue weighted by atomic mass is 79.9. The molecule has 0 spiro atoms. The van der Waals surface area contributed by atoms with Gasteiger partial charge in [-0.15, -0.1) is 0 Å². The lowest BCUT2D eigenvalue weighted by molar-refractivity contribution is -0.126. The van der Waals surface area contributed by atoms with Crippen LogP contribution in [0.5, 0.6) is 0 Å². The number of hydrogen-bond donors (Lipinski definition) is 1. The van der Waals surface area contributed by atoms with E-state index in [1.54, 1.807) is 4.90 Å². The zero-order chi connectivity index (χ0) is 13.8. The smallest absolute Gasteiger partial charge is 0.227 e. The number of amides is 2. The molecule has 102 valence electrons. The molecule has 0 unspecified atom stereocenters. The lowest BCUT2D eigenvalue weighted by atomic mass is 10.1. The maximum atomic E-state index is 12.0. The van der Waals surface area contributed by atoms with E-state index in [1.165, 1.54) is 0 Å². The van der Waals surface area contributed by atoms with Crippen LogP contribution in [0.3, 0.4) is 0 Å². The maximum absolute atomic E-state index is 12.0. The highest BCUT2D eigenvalue weighted by Gasteiger charge is 2.34. The monoisotopic (exact) mass is 324 g/mol. The first-order valence-corrected chi connectivity index (χ1v) is 7.24. The minimum atomic E-state index is -0.234. The number of anilines is 1. The standard InChI is InChI=1S/C14H17BrN2O2/c1-2-7-16-14(19)10-8-13(18)17(9-10)12-5-3-11(15)4-6-12/h3-6,10H,2,7-9H2,1H3,(H,16,19)/t10-/m0/s1. The molecule has 0 aromatic heterocycles. The first-order chi connectivity index (χ1) is 9.11. The van der Waals surface area contributed by atoms with Gasteiger partial charge in [0.1, 0.15) is 0 Å². The van der Waals surface area contributed by atoms with Crippen molar-refractivity contribution in [3.05, 3.63) is 28.7 Å². The summed E-state index contributed by atoms with van der Waals surface area (Å²) in [5.41, 5.74) is 0.846. The molecule has 2 rings (SSSR count). The van der Waals surface area contributed by atoms with E-state index in [-0.39, 0.29) is 17.7 Å². The van der Waals surface area contributed by atoms with Crippen LogP contribution in [0.2, 0.25) is 0 Å². The van der Waals surface area contributed by atoms with E-state index >= 15 is 0 Å². The van der Waals surface area contributed by atoms with Crippen molar-refractivity contribution in [3.8, 4) is 0 Å². The third-order valence-corrected chi connectivity index (χ3v) is 3.71. The van der Waals surface area contributed by atoms with Crippen LogP contribution in [-0.2, 0) is 9.59 Å². The van der Waals surface area contributed by atoms with Gasteiger partial charge in [0, 0.05) is 29.7 Å².